The van der Waals surface area contributed by atoms with Gasteiger partial charge in [0, 0.05) is 35.0 Å². The smallest absolute Gasteiger partial charge is 0.185 e. The number of rotatable bonds is 2. The fourth-order valence-electron chi connectivity index (χ4n) is 2.87. The third kappa shape index (κ3) is 2.16. The maximum atomic E-state index is 2.35. The topological polar surface area (TPSA) is 6.25 Å². The van der Waals surface area contributed by atoms with Gasteiger partial charge in [0.1, 0.15) is 7.05 Å². The van der Waals surface area contributed by atoms with Crippen LogP contribution in [0, 0.1) is 13.8 Å². The molecule has 0 bridgehead atoms. The number of thiophene rings is 1. The highest BCUT2D eigenvalue weighted by molar-refractivity contribution is 7.12. The Morgan fingerprint density at radius 1 is 1.35 bits per heavy atom. The lowest BCUT2D eigenvalue weighted by Crippen LogP contribution is -2.12. The second-order valence-electron chi connectivity index (χ2n) is 5.50. The highest BCUT2D eigenvalue weighted by Gasteiger charge is 2.25. The largest absolute Gasteiger partial charge is 0.347 e. The molecule has 3 heterocycles. The van der Waals surface area contributed by atoms with E-state index in [4.69, 9.17) is 0 Å². The highest BCUT2D eigenvalue weighted by Crippen LogP contribution is 2.42. The zero-order valence-electron chi connectivity index (χ0n) is 12.6. The Labute approximate surface area is 125 Å². The van der Waals surface area contributed by atoms with Crippen LogP contribution in [0.5, 0.6) is 0 Å². The van der Waals surface area contributed by atoms with Gasteiger partial charge < -0.3 is 4.90 Å². The fraction of sp³-hybridized carbons (Fsp3) is 0.353. The first-order chi connectivity index (χ1) is 9.58. The van der Waals surface area contributed by atoms with E-state index in [2.05, 4.69) is 67.9 Å². The van der Waals surface area contributed by atoms with E-state index in [1.165, 1.54) is 32.4 Å². The average Bonchev–Trinajstić information content (AvgIpc) is 3.02. The van der Waals surface area contributed by atoms with Crippen LogP contribution in [0.3, 0.4) is 0 Å². The van der Waals surface area contributed by atoms with Gasteiger partial charge in [-0.2, -0.15) is 0 Å². The minimum Gasteiger partial charge on any atom is -0.347 e. The van der Waals surface area contributed by atoms with Crippen LogP contribution in [-0.4, -0.2) is 24.4 Å². The quantitative estimate of drug-likeness (QED) is 0.749. The van der Waals surface area contributed by atoms with E-state index in [1.54, 1.807) is 0 Å². The average molecular weight is 285 g/mol. The van der Waals surface area contributed by atoms with Gasteiger partial charge >= 0.3 is 0 Å². The van der Waals surface area contributed by atoms with Crippen molar-refractivity contribution in [1.82, 2.24) is 0 Å². The van der Waals surface area contributed by atoms with Crippen molar-refractivity contribution in [1.29, 1.82) is 0 Å². The summed E-state index contributed by atoms with van der Waals surface area (Å²) in [5, 5.41) is 0. The van der Waals surface area contributed by atoms with Gasteiger partial charge in [0.25, 0.3) is 0 Å². The molecule has 3 heteroatoms. The minimum absolute atomic E-state index is 1.04. The number of hydrogen-bond donors (Lipinski definition) is 0. The van der Waals surface area contributed by atoms with Crippen LogP contribution in [0.4, 0.5) is 5.69 Å². The Morgan fingerprint density at radius 2 is 2.15 bits per heavy atom. The fourth-order valence-corrected chi connectivity index (χ4v) is 4.09. The molecule has 0 aliphatic carbocycles. The van der Waals surface area contributed by atoms with E-state index < -0.39 is 0 Å². The third-order valence-electron chi connectivity index (χ3n) is 4.22. The molecule has 0 unspecified atom stereocenters. The van der Waals surface area contributed by atoms with Crippen LogP contribution in [-0.2, 0) is 6.42 Å². The van der Waals surface area contributed by atoms with Gasteiger partial charge in [-0.05, 0) is 31.6 Å². The summed E-state index contributed by atoms with van der Waals surface area (Å²) in [6, 6.07) is 0. The predicted molar refractivity (Wildman–Crippen MR) is 88.1 cm³/mol. The molecule has 2 aliphatic rings. The Bertz CT molecular complexity index is 671. The van der Waals surface area contributed by atoms with E-state index >= 15 is 0 Å². The number of aryl methyl sites for hydroxylation is 1. The van der Waals surface area contributed by atoms with Crippen molar-refractivity contribution < 1.29 is 4.58 Å². The molecule has 2 aliphatic heterocycles. The molecule has 1 aromatic heterocycles. The van der Waals surface area contributed by atoms with Crippen molar-refractivity contribution in [3.63, 3.8) is 0 Å². The lowest BCUT2D eigenvalue weighted by molar-refractivity contribution is -0.418. The first-order valence-electron chi connectivity index (χ1n) is 7.03. The standard InChI is InChI=1S/C17H21N2S/c1-12-13(2)20-16-11-15(19(4)17(12)16)8-5-7-14-9-6-10-18(14)3/h5-8,10H,9,11H2,1-4H3/q+1. The van der Waals surface area contributed by atoms with Crippen molar-refractivity contribution in [2.24, 2.45) is 0 Å². The molecule has 3 rings (SSSR count). The number of fused-ring (bicyclic) bond motifs is 1. The molecule has 2 nitrogen and oxygen atoms in total. The van der Waals surface area contributed by atoms with Gasteiger partial charge in [0.05, 0.1) is 12.1 Å². The summed E-state index contributed by atoms with van der Waals surface area (Å²) < 4.78 is 2.18. The molecule has 1 aromatic rings. The maximum Gasteiger partial charge on any atom is 0.185 e. The second-order valence-corrected chi connectivity index (χ2v) is 6.81. The summed E-state index contributed by atoms with van der Waals surface area (Å²) in [6.07, 6.45) is 13.1. The van der Waals surface area contributed by atoms with E-state index in [1.807, 2.05) is 11.3 Å². The summed E-state index contributed by atoms with van der Waals surface area (Å²) in [6.45, 7) is 4.45. The molecule has 104 valence electrons. The Kier molecular flexibility index (Phi) is 3.38. The first kappa shape index (κ1) is 13.4. The first-order valence-corrected chi connectivity index (χ1v) is 7.84. The van der Waals surface area contributed by atoms with Crippen molar-refractivity contribution in [2.75, 3.05) is 19.0 Å². The van der Waals surface area contributed by atoms with Crippen LogP contribution in [0.2, 0.25) is 0 Å². The SMILES string of the molecule is Cc1sc2c(c1C)N(C)C(=CC=CC1=[N+](C)C=CC1)C2. The third-order valence-corrected chi connectivity index (χ3v) is 5.41. The van der Waals surface area contributed by atoms with Gasteiger partial charge in [-0.15, -0.1) is 11.3 Å². The lowest BCUT2D eigenvalue weighted by Gasteiger charge is -2.15. The summed E-state index contributed by atoms with van der Waals surface area (Å²) in [7, 11) is 4.28. The van der Waals surface area contributed by atoms with Gasteiger partial charge in [0.2, 0.25) is 0 Å². The zero-order valence-corrected chi connectivity index (χ0v) is 13.4. The lowest BCUT2D eigenvalue weighted by atomic mass is 10.2. The van der Waals surface area contributed by atoms with Crippen molar-refractivity contribution >= 4 is 22.7 Å². The van der Waals surface area contributed by atoms with Crippen molar-refractivity contribution in [3.05, 3.63) is 51.5 Å². The normalized spacial score (nSPS) is 20.0. The van der Waals surface area contributed by atoms with Crippen molar-refractivity contribution in [2.45, 2.75) is 26.7 Å². The van der Waals surface area contributed by atoms with E-state index in [0.717, 1.165) is 12.8 Å². The number of nitrogens with zero attached hydrogens (tertiary/aromatic N) is 2. The molecule has 0 radical (unpaired) electrons. The van der Waals surface area contributed by atoms with Gasteiger partial charge in [-0.3, -0.25) is 0 Å². The summed E-state index contributed by atoms with van der Waals surface area (Å²) in [5.41, 5.74) is 5.61. The Morgan fingerprint density at radius 3 is 2.80 bits per heavy atom. The van der Waals surface area contributed by atoms with Gasteiger partial charge in [0.15, 0.2) is 11.9 Å². The molecule has 0 aromatic carbocycles. The van der Waals surface area contributed by atoms with Crippen LogP contribution < -0.4 is 4.90 Å². The summed E-state index contributed by atoms with van der Waals surface area (Å²) in [5.74, 6) is 0. The highest BCUT2D eigenvalue weighted by atomic mass is 32.1. The number of likely N-dealkylation sites (N-methyl/N-ethyl adjacent to an activating group) is 1. The second kappa shape index (κ2) is 5.06. The molecule has 0 atom stereocenters. The number of hydrogen-bond acceptors (Lipinski definition) is 2. The van der Waals surface area contributed by atoms with E-state index in [0.29, 0.717) is 0 Å². The van der Waals surface area contributed by atoms with Crippen molar-refractivity contribution in [3.8, 4) is 0 Å². The van der Waals surface area contributed by atoms with Crippen LogP contribution in [0.25, 0.3) is 0 Å². The minimum atomic E-state index is 1.04. The monoisotopic (exact) mass is 285 g/mol. The maximum absolute atomic E-state index is 2.35. The molecule has 0 N–H and O–H groups in total. The van der Waals surface area contributed by atoms with Gasteiger partial charge in [-0.1, -0.05) is 6.08 Å². The number of allylic oxidation sites excluding steroid dienone is 5. The number of anilines is 1. The van der Waals surface area contributed by atoms with Crippen LogP contribution in [0.1, 0.15) is 21.7 Å². The van der Waals surface area contributed by atoms with E-state index in [-0.39, 0.29) is 0 Å². The molecular weight excluding hydrogens is 264 g/mol. The summed E-state index contributed by atoms with van der Waals surface area (Å²) in [4.78, 5) is 5.31. The van der Waals surface area contributed by atoms with Crippen LogP contribution >= 0.6 is 11.3 Å². The van der Waals surface area contributed by atoms with E-state index in [9.17, 15) is 0 Å². The molecule has 0 fully saturated rings. The van der Waals surface area contributed by atoms with Crippen LogP contribution in [0.15, 0.2) is 36.2 Å². The molecule has 0 spiro atoms. The predicted octanol–water partition coefficient (Wildman–Crippen LogP) is 3.80. The molecule has 20 heavy (non-hydrogen) atoms. The Hall–Kier alpha value is -1.61. The zero-order chi connectivity index (χ0) is 14.3. The summed E-state index contributed by atoms with van der Waals surface area (Å²) >= 11 is 1.94. The molecule has 0 amide bonds. The molecule has 0 saturated carbocycles. The Balaban J connectivity index is 1.79. The van der Waals surface area contributed by atoms with Gasteiger partial charge in [-0.25, -0.2) is 4.58 Å². The molecular formula is C17H21N2S+. The molecule has 0 saturated heterocycles.